The maximum Gasteiger partial charge on any atom is 0.257 e. The van der Waals surface area contributed by atoms with Crippen LogP contribution in [0.4, 0.5) is 5.69 Å². The van der Waals surface area contributed by atoms with E-state index >= 15 is 0 Å². The molecule has 0 spiro atoms. The van der Waals surface area contributed by atoms with Gasteiger partial charge in [-0.3, -0.25) is 14.6 Å². The van der Waals surface area contributed by atoms with Gasteiger partial charge in [0.15, 0.2) is 0 Å². The Kier molecular flexibility index (Phi) is 6.24. The molecule has 1 unspecified atom stereocenters. The molecule has 0 radical (unpaired) electrons. The third kappa shape index (κ3) is 4.23. The van der Waals surface area contributed by atoms with E-state index in [1.807, 2.05) is 17.0 Å². The van der Waals surface area contributed by atoms with Crippen molar-refractivity contribution in [1.29, 1.82) is 0 Å². The van der Waals surface area contributed by atoms with Crippen LogP contribution in [0.5, 0.6) is 0 Å². The zero-order valence-electron chi connectivity index (χ0n) is 14.7. The number of hydrogen-bond acceptors (Lipinski definition) is 3. The number of aromatic nitrogens is 1. The molecule has 26 heavy (non-hydrogen) atoms. The summed E-state index contributed by atoms with van der Waals surface area (Å²) in [6, 6.07) is 9.24. The van der Waals surface area contributed by atoms with Crippen LogP contribution in [-0.4, -0.2) is 34.3 Å². The highest BCUT2D eigenvalue weighted by molar-refractivity contribution is 14.1. The molecule has 1 aromatic carbocycles. The SMILES string of the molecule is CCC1CCCCN1C(=O)c1cc(I)ccc1NC(=O)c1cccnc1. The average molecular weight is 463 g/mol. The molecule has 1 aliphatic heterocycles. The van der Waals surface area contributed by atoms with Gasteiger partial charge in [0.25, 0.3) is 11.8 Å². The first kappa shape index (κ1) is 18.8. The van der Waals surface area contributed by atoms with E-state index in [1.54, 1.807) is 24.4 Å². The van der Waals surface area contributed by atoms with Gasteiger partial charge in [0.05, 0.1) is 16.8 Å². The largest absolute Gasteiger partial charge is 0.336 e. The third-order valence-corrected chi connectivity index (χ3v) is 5.41. The number of anilines is 1. The predicted molar refractivity (Wildman–Crippen MR) is 110 cm³/mol. The van der Waals surface area contributed by atoms with Crippen LogP contribution in [0, 0.1) is 3.57 Å². The van der Waals surface area contributed by atoms with Crippen molar-refractivity contribution in [3.63, 3.8) is 0 Å². The first-order chi connectivity index (χ1) is 12.6. The van der Waals surface area contributed by atoms with E-state index in [9.17, 15) is 9.59 Å². The van der Waals surface area contributed by atoms with Crippen LogP contribution in [0.2, 0.25) is 0 Å². The Morgan fingerprint density at radius 3 is 2.88 bits per heavy atom. The van der Waals surface area contributed by atoms with Crippen molar-refractivity contribution < 1.29 is 9.59 Å². The molecule has 2 aromatic rings. The van der Waals surface area contributed by atoms with E-state index in [2.05, 4.69) is 39.8 Å². The molecule has 1 aliphatic rings. The van der Waals surface area contributed by atoms with Crippen LogP contribution in [0.1, 0.15) is 53.3 Å². The third-order valence-electron chi connectivity index (χ3n) is 4.74. The van der Waals surface area contributed by atoms with E-state index < -0.39 is 0 Å². The lowest BCUT2D eigenvalue weighted by Crippen LogP contribution is -2.43. The lowest BCUT2D eigenvalue weighted by molar-refractivity contribution is 0.0609. The summed E-state index contributed by atoms with van der Waals surface area (Å²) < 4.78 is 0.968. The van der Waals surface area contributed by atoms with Gasteiger partial charge in [-0.15, -0.1) is 0 Å². The maximum atomic E-state index is 13.2. The monoisotopic (exact) mass is 463 g/mol. The fraction of sp³-hybridized carbons (Fsp3) is 0.350. The molecule has 1 fully saturated rings. The Balaban J connectivity index is 1.88. The van der Waals surface area contributed by atoms with Crippen molar-refractivity contribution >= 4 is 40.1 Å². The molecular weight excluding hydrogens is 441 g/mol. The van der Waals surface area contributed by atoms with Crippen LogP contribution >= 0.6 is 22.6 Å². The van der Waals surface area contributed by atoms with E-state index in [-0.39, 0.29) is 17.9 Å². The number of nitrogens with zero attached hydrogens (tertiary/aromatic N) is 2. The van der Waals surface area contributed by atoms with E-state index in [1.165, 1.54) is 12.6 Å². The summed E-state index contributed by atoms with van der Waals surface area (Å²) >= 11 is 2.19. The van der Waals surface area contributed by atoms with Gasteiger partial charge in [-0.25, -0.2) is 0 Å². The number of benzene rings is 1. The molecule has 1 saturated heterocycles. The van der Waals surface area contributed by atoms with E-state index in [0.717, 1.165) is 29.4 Å². The van der Waals surface area contributed by atoms with Gasteiger partial charge in [0, 0.05) is 28.6 Å². The number of pyridine rings is 1. The summed E-state index contributed by atoms with van der Waals surface area (Å²) in [5.74, 6) is -0.268. The van der Waals surface area contributed by atoms with Crippen molar-refractivity contribution in [3.05, 3.63) is 57.4 Å². The second-order valence-corrected chi connectivity index (χ2v) is 7.69. The number of piperidine rings is 1. The van der Waals surface area contributed by atoms with Gasteiger partial charge in [-0.1, -0.05) is 6.92 Å². The highest BCUT2D eigenvalue weighted by Crippen LogP contribution is 2.26. The first-order valence-electron chi connectivity index (χ1n) is 8.92. The number of likely N-dealkylation sites (tertiary alicyclic amines) is 1. The summed E-state index contributed by atoms with van der Waals surface area (Å²) in [5.41, 5.74) is 1.56. The number of hydrogen-bond donors (Lipinski definition) is 1. The quantitative estimate of drug-likeness (QED) is 0.687. The highest BCUT2D eigenvalue weighted by Gasteiger charge is 2.28. The number of rotatable bonds is 4. The molecule has 136 valence electrons. The molecule has 0 bridgehead atoms. The van der Waals surface area contributed by atoms with Gasteiger partial charge in [0.2, 0.25) is 0 Å². The topological polar surface area (TPSA) is 62.3 Å². The molecule has 1 aromatic heterocycles. The van der Waals surface area contributed by atoms with Crippen LogP contribution < -0.4 is 5.32 Å². The minimum Gasteiger partial charge on any atom is -0.336 e. The second kappa shape index (κ2) is 8.62. The van der Waals surface area contributed by atoms with Crippen molar-refractivity contribution in [2.45, 2.75) is 38.6 Å². The predicted octanol–water partition coefficient (Wildman–Crippen LogP) is 4.34. The molecule has 0 saturated carbocycles. The van der Waals surface area contributed by atoms with Crippen molar-refractivity contribution in [3.8, 4) is 0 Å². The molecule has 0 aliphatic carbocycles. The summed E-state index contributed by atoms with van der Waals surface area (Å²) in [6.45, 7) is 2.90. The fourth-order valence-corrected chi connectivity index (χ4v) is 3.83. The molecule has 1 atom stereocenters. The van der Waals surface area contributed by atoms with Gasteiger partial charge < -0.3 is 10.2 Å². The smallest absolute Gasteiger partial charge is 0.257 e. The van der Waals surface area contributed by atoms with Crippen LogP contribution in [0.25, 0.3) is 0 Å². The minimum absolute atomic E-state index is 0.00319. The summed E-state index contributed by atoms with van der Waals surface area (Å²) in [4.78, 5) is 31.7. The number of halogens is 1. The number of nitrogens with one attached hydrogen (secondary N) is 1. The molecule has 6 heteroatoms. The first-order valence-corrected chi connectivity index (χ1v) is 10.00. The van der Waals surface area contributed by atoms with Gasteiger partial charge >= 0.3 is 0 Å². The average Bonchev–Trinajstić information content (AvgIpc) is 2.69. The van der Waals surface area contributed by atoms with Gasteiger partial charge in [-0.05, 0) is 78.6 Å². The lowest BCUT2D eigenvalue weighted by Gasteiger charge is -2.35. The van der Waals surface area contributed by atoms with E-state index in [4.69, 9.17) is 0 Å². The number of carbonyl (C=O) groups excluding carboxylic acids is 2. The Bertz CT molecular complexity index is 795. The normalized spacial score (nSPS) is 17.0. The van der Waals surface area contributed by atoms with Crippen molar-refractivity contribution in [2.24, 2.45) is 0 Å². The van der Waals surface area contributed by atoms with Crippen LogP contribution in [0.15, 0.2) is 42.7 Å². The van der Waals surface area contributed by atoms with Crippen molar-refractivity contribution in [2.75, 3.05) is 11.9 Å². The van der Waals surface area contributed by atoms with Crippen molar-refractivity contribution in [1.82, 2.24) is 9.88 Å². The Morgan fingerprint density at radius 1 is 1.31 bits per heavy atom. The van der Waals surface area contributed by atoms with Crippen LogP contribution in [0.3, 0.4) is 0 Å². The number of amides is 2. The van der Waals surface area contributed by atoms with Crippen LogP contribution in [-0.2, 0) is 0 Å². The Hall–Kier alpha value is -1.96. The highest BCUT2D eigenvalue weighted by atomic mass is 127. The van der Waals surface area contributed by atoms with E-state index in [0.29, 0.717) is 16.8 Å². The zero-order chi connectivity index (χ0) is 18.5. The Labute approximate surface area is 167 Å². The summed E-state index contributed by atoms with van der Waals surface area (Å²) in [5, 5.41) is 2.88. The molecule has 5 nitrogen and oxygen atoms in total. The minimum atomic E-state index is -0.265. The summed E-state index contributed by atoms with van der Waals surface area (Å²) in [7, 11) is 0. The summed E-state index contributed by atoms with van der Waals surface area (Å²) in [6.07, 6.45) is 7.33. The fourth-order valence-electron chi connectivity index (χ4n) is 3.34. The maximum absolute atomic E-state index is 13.2. The molecule has 1 N–H and O–H groups in total. The molecule has 3 rings (SSSR count). The van der Waals surface area contributed by atoms with Gasteiger partial charge in [0.1, 0.15) is 0 Å². The standard InChI is InChI=1S/C20H22IN3O2/c1-2-16-7-3-4-11-24(16)20(26)17-12-15(21)8-9-18(17)23-19(25)14-6-5-10-22-13-14/h5-6,8-10,12-13,16H,2-4,7,11H2,1H3,(H,23,25). The molecule has 2 amide bonds. The Morgan fingerprint density at radius 2 is 2.15 bits per heavy atom. The molecule has 2 heterocycles. The lowest BCUT2D eigenvalue weighted by atomic mass is 9.98. The second-order valence-electron chi connectivity index (χ2n) is 6.44. The molecular formula is C20H22IN3O2. The zero-order valence-corrected chi connectivity index (χ0v) is 16.9. The number of carbonyl (C=O) groups is 2. The van der Waals surface area contributed by atoms with Gasteiger partial charge in [-0.2, -0.15) is 0 Å².